The zero-order chi connectivity index (χ0) is 11.7. The lowest BCUT2D eigenvalue weighted by atomic mass is 9.99. The molecular formula is C13H20N4. The summed E-state index contributed by atoms with van der Waals surface area (Å²) in [6, 6.07) is 4.55. The lowest BCUT2D eigenvalue weighted by Crippen LogP contribution is -2.55. The molecule has 0 aromatic carbocycles. The fourth-order valence-corrected chi connectivity index (χ4v) is 3.02. The van der Waals surface area contributed by atoms with Gasteiger partial charge in [-0.1, -0.05) is 6.42 Å². The Morgan fingerprint density at radius 2 is 2.18 bits per heavy atom. The molecule has 17 heavy (non-hydrogen) atoms. The van der Waals surface area contributed by atoms with E-state index in [0.717, 1.165) is 31.1 Å². The Morgan fingerprint density at radius 3 is 3.06 bits per heavy atom. The molecule has 0 saturated carbocycles. The quantitative estimate of drug-likeness (QED) is 0.793. The number of piperidine rings is 1. The molecule has 1 aromatic heterocycles. The second-order valence-corrected chi connectivity index (χ2v) is 5.05. The summed E-state index contributed by atoms with van der Waals surface area (Å²) in [7, 11) is 0. The monoisotopic (exact) mass is 232 g/mol. The molecule has 1 atom stereocenters. The van der Waals surface area contributed by atoms with E-state index in [0.29, 0.717) is 6.04 Å². The Labute approximate surface area is 102 Å². The number of nitrogens with zero attached hydrogens (tertiary/aromatic N) is 3. The second kappa shape index (κ2) is 4.53. The van der Waals surface area contributed by atoms with Crippen LogP contribution in [0.3, 0.4) is 0 Å². The molecule has 0 bridgehead atoms. The van der Waals surface area contributed by atoms with Gasteiger partial charge in [0.15, 0.2) is 5.82 Å². The first-order valence-electron chi connectivity index (χ1n) is 6.54. The number of nitrogens with two attached hydrogens (primary N) is 1. The summed E-state index contributed by atoms with van der Waals surface area (Å²) in [5.41, 5.74) is 6.80. The average Bonchev–Trinajstić information content (AvgIpc) is 2.39. The number of rotatable bonds is 1. The molecule has 1 aromatic rings. The van der Waals surface area contributed by atoms with E-state index in [-0.39, 0.29) is 0 Å². The lowest BCUT2D eigenvalue weighted by molar-refractivity contribution is 0.133. The van der Waals surface area contributed by atoms with Gasteiger partial charge in [0.2, 0.25) is 0 Å². The van der Waals surface area contributed by atoms with E-state index in [1.165, 1.54) is 25.8 Å². The number of hydrogen-bond donors (Lipinski definition) is 1. The molecule has 0 spiro atoms. The number of piperazine rings is 1. The summed E-state index contributed by atoms with van der Waals surface area (Å²) in [6.45, 7) is 4.57. The SMILES string of the molecule is Nc1cccnc1N1CCN2CCCCC2C1. The maximum absolute atomic E-state index is 6.00. The van der Waals surface area contributed by atoms with Gasteiger partial charge in [0.25, 0.3) is 0 Å². The molecule has 3 rings (SSSR count). The van der Waals surface area contributed by atoms with E-state index in [9.17, 15) is 0 Å². The number of aromatic nitrogens is 1. The fourth-order valence-electron chi connectivity index (χ4n) is 3.02. The van der Waals surface area contributed by atoms with Crippen molar-refractivity contribution in [1.82, 2.24) is 9.88 Å². The van der Waals surface area contributed by atoms with Gasteiger partial charge in [-0.05, 0) is 31.5 Å². The first-order chi connectivity index (χ1) is 8.34. The minimum Gasteiger partial charge on any atom is -0.396 e. The van der Waals surface area contributed by atoms with Crippen molar-refractivity contribution < 1.29 is 0 Å². The molecule has 2 aliphatic heterocycles. The maximum atomic E-state index is 6.00. The highest BCUT2D eigenvalue weighted by molar-refractivity contribution is 5.62. The van der Waals surface area contributed by atoms with Crippen molar-refractivity contribution in [1.29, 1.82) is 0 Å². The first kappa shape index (κ1) is 10.8. The Balaban J connectivity index is 1.76. The molecule has 4 heteroatoms. The van der Waals surface area contributed by atoms with Crippen LogP contribution in [-0.2, 0) is 0 Å². The molecule has 0 aliphatic carbocycles. The second-order valence-electron chi connectivity index (χ2n) is 5.05. The molecule has 0 amide bonds. The van der Waals surface area contributed by atoms with Crippen LogP contribution in [0.15, 0.2) is 18.3 Å². The van der Waals surface area contributed by atoms with Crippen LogP contribution in [0.5, 0.6) is 0 Å². The Morgan fingerprint density at radius 1 is 1.24 bits per heavy atom. The molecule has 2 aliphatic rings. The average molecular weight is 232 g/mol. The van der Waals surface area contributed by atoms with Crippen molar-refractivity contribution in [3.8, 4) is 0 Å². The van der Waals surface area contributed by atoms with Crippen LogP contribution in [-0.4, -0.2) is 42.1 Å². The Hall–Kier alpha value is -1.29. The fraction of sp³-hybridized carbons (Fsp3) is 0.615. The van der Waals surface area contributed by atoms with Crippen LogP contribution < -0.4 is 10.6 Å². The summed E-state index contributed by atoms with van der Waals surface area (Å²) >= 11 is 0. The minimum atomic E-state index is 0.707. The van der Waals surface area contributed by atoms with Crippen LogP contribution >= 0.6 is 0 Å². The molecule has 2 fully saturated rings. The summed E-state index contributed by atoms with van der Waals surface area (Å²) in [6.07, 6.45) is 5.89. The van der Waals surface area contributed by atoms with Gasteiger partial charge in [0.05, 0.1) is 5.69 Å². The van der Waals surface area contributed by atoms with E-state index >= 15 is 0 Å². The third-order valence-electron chi connectivity index (χ3n) is 3.95. The van der Waals surface area contributed by atoms with Crippen molar-refractivity contribution in [2.24, 2.45) is 0 Å². The molecule has 2 N–H and O–H groups in total. The van der Waals surface area contributed by atoms with Crippen molar-refractivity contribution in [2.45, 2.75) is 25.3 Å². The van der Waals surface area contributed by atoms with E-state index in [1.807, 2.05) is 18.3 Å². The van der Waals surface area contributed by atoms with Crippen molar-refractivity contribution in [3.05, 3.63) is 18.3 Å². The van der Waals surface area contributed by atoms with Gasteiger partial charge in [-0.3, -0.25) is 4.90 Å². The first-order valence-corrected chi connectivity index (χ1v) is 6.54. The van der Waals surface area contributed by atoms with Gasteiger partial charge in [0.1, 0.15) is 0 Å². The van der Waals surface area contributed by atoms with Crippen LogP contribution in [0.2, 0.25) is 0 Å². The van der Waals surface area contributed by atoms with Crippen molar-refractivity contribution in [2.75, 3.05) is 36.8 Å². The smallest absolute Gasteiger partial charge is 0.151 e. The maximum Gasteiger partial charge on any atom is 0.151 e. The Kier molecular flexibility index (Phi) is 2.89. The van der Waals surface area contributed by atoms with E-state index in [1.54, 1.807) is 0 Å². The van der Waals surface area contributed by atoms with E-state index < -0.39 is 0 Å². The predicted octanol–water partition coefficient (Wildman–Crippen LogP) is 1.34. The molecule has 92 valence electrons. The van der Waals surface area contributed by atoms with Crippen LogP contribution in [0.1, 0.15) is 19.3 Å². The highest BCUT2D eigenvalue weighted by atomic mass is 15.3. The summed E-state index contributed by atoms with van der Waals surface area (Å²) in [5, 5.41) is 0. The van der Waals surface area contributed by atoms with Gasteiger partial charge < -0.3 is 10.6 Å². The van der Waals surface area contributed by atoms with Crippen LogP contribution in [0.25, 0.3) is 0 Å². The van der Waals surface area contributed by atoms with Gasteiger partial charge in [-0.15, -0.1) is 0 Å². The predicted molar refractivity (Wildman–Crippen MR) is 70.1 cm³/mol. The van der Waals surface area contributed by atoms with Gasteiger partial charge >= 0.3 is 0 Å². The van der Waals surface area contributed by atoms with Gasteiger partial charge in [0, 0.05) is 31.9 Å². The van der Waals surface area contributed by atoms with Crippen LogP contribution in [0, 0.1) is 0 Å². The number of pyridine rings is 1. The molecule has 3 heterocycles. The van der Waals surface area contributed by atoms with E-state index in [2.05, 4.69) is 14.8 Å². The normalized spacial score (nSPS) is 25.6. The minimum absolute atomic E-state index is 0.707. The summed E-state index contributed by atoms with van der Waals surface area (Å²) in [4.78, 5) is 9.40. The van der Waals surface area contributed by atoms with Gasteiger partial charge in [-0.2, -0.15) is 0 Å². The van der Waals surface area contributed by atoms with Crippen LogP contribution in [0.4, 0.5) is 11.5 Å². The lowest BCUT2D eigenvalue weighted by Gasteiger charge is -2.44. The zero-order valence-electron chi connectivity index (χ0n) is 10.2. The highest BCUT2D eigenvalue weighted by Gasteiger charge is 2.29. The topological polar surface area (TPSA) is 45.4 Å². The molecule has 2 saturated heterocycles. The van der Waals surface area contributed by atoms with Crippen molar-refractivity contribution >= 4 is 11.5 Å². The highest BCUT2D eigenvalue weighted by Crippen LogP contribution is 2.26. The van der Waals surface area contributed by atoms with E-state index in [4.69, 9.17) is 5.73 Å². The summed E-state index contributed by atoms with van der Waals surface area (Å²) < 4.78 is 0. The number of anilines is 2. The molecule has 4 nitrogen and oxygen atoms in total. The molecular weight excluding hydrogens is 212 g/mol. The Bertz CT molecular complexity index is 393. The molecule has 0 radical (unpaired) electrons. The largest absolute Gasteiger partial charge is 0.396 e. The number of nitrogen functional groups attached to an aromatic ring is 1. The van der Waals surface area contributed by atoms with Gasteiger partial charge in [-0.25, -0.2) is 4.98 Å². The zero-order valence-corrected chi connectivity index (χ0v) is 10.2. The standard InChI is InChI=1S/C13H20N4/c14-12-5-3-6-15-13(12)17-9-8-16-7-2-1-4-11(16)10-17/h3,5-6,11H,1-2,4,7-10,14H2. The number of hydrogen-bond acceptors (Lipinski definition) is 4. The molecule has 1 unspecified atom stereocenters. The third-order valence-corrected chi connectivity index (χ3v) is 3.95. The third kappa shape index (κ3) is 2.09. The number of fused-ring (bicyclic) bond motifs is 1. The van der Waals surface area contributed by atoms with Crippen molar-refractivity contribution in [3.63, 3.8) is 0 Å². The summed E-state index contributed by atoms with van der Waals surface area (Å²) in [5.74, 6) is 0.970.